The summed E-state index contributed by atoms with van der Waals surface area (Å²) in [6.07, 6.45) is 1.06. The Balaban J connectivity index is 1.88. The molecule has 0 unspecified atom stereocenters. The van der Waals surface area contributed by atoms with Crippen LogP contribution < -0.4 is 5.32 Å². The van der Waals surface area contributed by atoms with Gasteiger partial charge in [-0.2, -0.15) is 9.78 Å². The summed E-state index contributed by atoms with van der Waals surface area (Å²) in [4.78, 5) is 20.0. The van der Waals surface area contributed by atoms with E-state index in [1.54, 1.807) is 45.2 Å². The molecule has 0 amide bonds. The lowest BCUT2D eigenvalue weighted by Gasteiger charge is -2.19. The quantitative estimate of drug-likeness (QED) is 0.514. The molecule has 3 aromatic rings. The third-order valence-electron chi connectivity index (χ3n) is 3.07. The zero-order chi connectivity index (χ0) is 18.2. The summed E-state index contributed by atoms with van der Waals surface area (Å²) in [7, 11) is 0. The maximum Gasteiger partial charge on any atom is 0.435 e. The van der Waals surface area contributed by atoms with Gasteiger partial charge in [-0.3, -0.25) is 0 Å². The van der Waals surface area contributed by atoms with Crippen LogP contribution in [-0.4, -0.2) is 31.4 Å². The van der Waals surface area contributed by atoms with E-state index in [9.17, 15) is 4.79 Å². The number of halogens is 2. The largest absolute Gasteiger partial charge is 0.442 e. The molecule has 9 heteroatoms. The topological polar surface area (TPSA) is 81.9 Å². The van der Waals surface area contributed by atoms with Crippen molar-refractivity contribution in [1.82, 2.24) is 19.7 Å². The molecule has 0 bridgehead atoms. The van der Waals surface area contributed by atoms with Crippen LogP contribution in [0.5, 0.6) is 0 Å². The molecule has 1 aromatic carbocycles. The number of nitrogens with one attached hydrogen (secondary N) is 1. The Morgan fingerprint density at radius 2 is 1.96 bits per heavy atom. The maximum absolute atomic E-state index is 12.2. The molecule has 7 nitrogen and oxygen atoms in total. The second-order valence-corrected chi connectivity index (χ2v) is 7.01. The minimum Gasteiger partial charge on any atom is -0.442 e. The Kier molecular flexibility index (Phi) is 4.53. The molecule has 1 N–H and O–H groups in total. The fourth-order valence-corrected chi connectivity index (χ4v) is 2.57. The molecular formula is C16H15Cl2N5O2. The smallest absolute Gasteiger partial charge is 0.435 e. The summed E-state index contributed by atoms with van der Waals surface area (Å²) in [5.41, 5.74) is 0.781. The standard InChI is InChI=1S/C16H15Cl2N5O2/c1-16(2,3)25-15(24)23-11-5-4-10(6-9(11)8-19-23)20-13-7-12(17)21-14(18)22-13/h4-8H,1-3H3,(H,20,21,22). The molecule has 0 spiro atoms. The Hall–Kier alpha value is -2.38. The summed E-state index contributed by atoms with van der Waals surface area (Å²) in [6.45, 7) is 5.41. The summed E-state index contributed by atoms with van der Waals surface area (Å²) >= 11 is 11.7. The fourth-order valence-electron chi connectivity index (χ4n) is 2.16. The predicted molar refractivity (Wildman–Crippen MR) is 96.7 cm³/mol. The summed E-state index contributed by atoms with van der Waals surface area (Å²) in [6, 6.07) is 6.93. The van der Waals surface area contributed by atoms with Gasteiger partial charge in [0.2, 0.25) is 5.28 Å². The minimum atomic E-state index is -0.595. The summed E-state index contributed by atoms with van der Waals surface area (Å²) in [5.74, 6) is 0.462. The van der Waals surface area contributed by atoms with Gasteiger partial charge in [-0.25, -0.2) is 14.8 Å². The molecule has 2 heterocycles. The second-order valence-electron chi connectivity index (χ2n) is 6.28. The molecule has 2 aromatic heterocycles. The SMILES string of the molecule is CC(C)(C)OC(=O)n1ncc2cc(Nc3cc(Cl)nc(Cl)n3)ccc21. The van der Waals surface area contributed by atoms with E-state index in [-0.39, 0.29) is 10.4 Å². The molecule has 130 valence electrons. The molecule has 0 atom stereocenters. The van der Waals surface area contributed by atoms with Crippen LogP contribution in [0.1, 0.15) is 20.8 Å². The Labute approximate surface area is 153 Å². The van der Waals surface area contributed by atoms with Crippen molar-refractivity contribution in [2.75, 3.05) is 5.32 Å². The number of aromatic nitrogens is 4. The average molecular weight is 380 g/mol. The second kappa shape index (κ2) is 6.50. The van der Waals surface area contributed by atoms with E-state index in [1.165, 1.54) is 4.68 Å². The first-order valence-electron chi connectivity index (χ1n) is 7.39. The maximum atomic E-state index is 12.2. The minimum absolute atomic E-state index is 0.0498. The average Bonchev–Trinajstić information content (AvgIpc) is 2.87. The van der Waals surface area contributed by atoms with E-state index in [0.29, 0.717) is 11.3 Å². The first kappa shape index (κ1) is 17.4. The number of anilines is 2. The van der Waals surface area contributed by atoms with Crippen molar-refractivity contribution in [3.63, 3.8) is 0 Å². The van der Waals surface area contributed by atoms with E-state index in [4.69, 9.17) is 27.9 Å². The Morgan fingerprint density at radius 1 is 1.20 bits per heavy atom. The lowest BCUT2D eigenvalue weighted by Crippen LogP contribution is -2.27. The van der Waals surface area contributed by atoms with Gasteiger partial charge in [0.05, 0.1) is 11.7 Å². The number of carbonyl (C=O) groups excluding carboxylic acids is 1. The van der Waals surface area contributed by atoms with Crippen LogP contribution in [-0.2, 0) is 4.74 Å². The third-order valence-corrected chi connectivity index (χ3v) is 3.44. The number of fused-ring (bicyclic) bond motifs is 1. The molecule has 25 heavy (non-hydrogen) atoms. The molecular weight excluding hydrogens is 365 g/mol. The van der Waals surface area contributed by atoms with Crippen LogP contribution in [0.2, 0.25) is 10.4 Å². The van der Waals surface area contributed by atoms with Crippen LogP contribution in [0.25, 0.3) is 10.9 Å². The lowest BCUT2D eigenvalue weighted by molar-refractivity contribution is 0.0523. The number of ether oxygens (including phenoxy) is 1. The highest BCUT2D eigenvalue weighted by Gasteiger charge is 2.20. The van der Waals surface area contributed by atoms with Crippen LogP contribution in [0, 0.1) is 0 Å². The first-order valence-corrected chi connectivity index (χ1v) is 8.15. The van der Waals surface area contributed by atoms with E-state index in [2.05, 4.69) is 20.4 Å². The highest BCUT2D eigenvalue weighted by atomic mass is 35.5. The van der Waals surface area contributed by atoms with Crippen molar-refractivity contribution >= 4 is 51.7 Å². The van der Waals surface area contributed by atoms with Crippen LogP contribution in [0.15, 0.2) is 30.5 Å². The fraction of sp³-hybridized carbons (Fsp3) is 0.250. The van der Waals surface area contributed by atoms with Gasteiger partial charge in [0, 0.05) is 17.1 Å². The Morgan fingerprint density at radius 3 is 2.64 bits per heavy atom. The monoisotopic (exact) mass is 379 g/mol. The number of hydrogen-bond acceptors (Lipinski definition) is 6. The van der Waals surface area contributed by atoms with E-state index >= 15 is 0 Å². The van der Waals surface area contributed by atoms with Gasteiger partial charge in [-0.15, -0.1) is 0 Å². The number of nitrogens with zero attached hydrogens (tertiary/aromatic N) is 4. The van der Waals surface area contributed by atoms with Gasteiger partial charge in [0.1, 0.15) is 16.6 Å². The molecule has 0 aliphatic rings. The van der Waals surface area contributed by atoms with Gasteiger partial charge < -0.3 is 10.1 Å². The molecule has 0 radical (unpaired) electrons. The van der Waals surface area contributed by atoms with E-state index in [1.807, 2.05) is 6.07 Å². The van der Waals surface area contributed by atoms with Crippen molar-refractivity contribution in [1.29, 1.82) is 0 Å². The molecule has 0 aliphatic carbocycles. The van der Waals surface area contributed by atoms with Crippen molar-refractivity contribution in [2.45, 2.75) is 26.4 Å². The molecule has 3 rings (SSSR count). The molecule has 0 aliphatic heterocycles. The molecule has 0 fully saturated rings. The molecule has 0 saturated carbocycles. The van der Waals surface area contributed by atoms with Crippen molar-refractivity contribution < 1.29 is 9.53 Å². The van der Waals surface area contributed by atoms with Gasteiger partial charge in [0.15, 0.2) is 0 Å². The van der Waals surface area contributed by atoms with Crippen molar-refractivity contribution in [3.8, 4) is 0 Å². The Bertz CT molecular complexity index is 929. The highest BCUT2D eigenvalue weighted by molar-refractivity contribution is 6.32. The van der Waals surface area contributed by atoms with Crippen LogP contribution >= 0.6 is 23.2 Å². The zero-order valence-corrected chi connectivity index (χ0v) is 15.3. The van der Waals surface area contributed by atoms with E-state index in [0.717, 1.165) is 11.1 Å². The normalized spacial score (nSPS) is 11.6. The first-order chi connectivity index (χ1) is 11.7. The van der Waals surface area contributed by atoms with Gasteiger partial charge in [-0.1, -0.05) is 11.6 Å². The van der Waals surface area contributed by atoms with Crippen LogP contribution in [0.4, 0.5) is 16.3 Å². The number of carbonyl (C=O) groups is 1. The van der Waals surface area contributed by atoms with Crippen LogP contribution in [0.3, 0.4) is 0 Å². The zero-order valence-electron chi connectivity index (χ0n) is 13.7. The van der Waals surface area contributed by atoms with Crippen molar-refractivity contribution in [2.24, 2.45) is 0 Å². The highest BCUT2D eigenvalue weighted by Crippen LogP contribution is 2.24. The van der Waals surface area contributed by atoms with Gasteiger partial charge in [-0.05, 0) is 50.6 Å². The third kappa shape index (κ3) is 4.18. The summed E-state index contributed by atoms with van der Waals surface area (Å²) in [5, 5.41) is 8.24. The van der Waals surface area contributed by atoms with Gasteiger partial charge >= 0.3 is 6.09 Å². The summed E-state index contributed by atoms with van der Waals surface area (Å²) < 4.78 is 6.57. The number of benzene rings is 1. The van der Waals surface area contributed by atoms with Gasteiger partial charge in [0.25, 0.3) is 0 Å². The van der Waals surface area contributed by atoms with E-state index < -0.39 is 11.7 Å². The molecule has 0 saturated heterocycles. The van der Waals surface area contributed by atoms with Crippen molar-refractivity contribution in [3.05, 3.63) is 40.9 Å². The predicted octanol–water partition coefficient (Wildman–Crippen LogP) is 4.66. The number of hydrogen-bond donors (Lipinski definition) is 1. The number of rotatable bonds is 2. The lowest BCUT2D eigenvalue weighted by atomic mass is 10.2.